The summed E-state index contributed by atoms with van der Waals surface area (Å²) in [5, 5.41) is 5.71. The average molecular weight is 447 g/mol. The summed E-state index contributed by atoms with van der Waals surface area (Å²) in [4.78, 5) is 35.9. The minimum Gasteiger partial charge on any atom is -0.434 e. The Morgan fingerprint density at radius 1 is 0.818 bits per heavy atom. The lowest BCUT2D eigenvalue weighted by Gasteiger charge is -2.09. The van der Waals surface area contributed by atoms with Gasteiger partial charge in [0.15, 0.2) is 0 Å². The first-order valence-corrected chi connectivity index (χ1v) is 10.6. The molecule has 170 valence electrons. The molecule has 0 unspecified atom stereocenters. The molecule has 0 atom stereocenters. The number of hydrogen-bond acceptors (Lipinski definition) is 5. The molecule has 7 heteroatoms. The van der Waals surface area contributed by atoms with Crippen LogP contribution in [-0.2, 0) is 22.5 Å². The molecule has 0 saturated heterocycles. The van der Waals surface area contributed by atoms with Crippen LogP contribution in [0.15, 0.2) is 72.8 Å². The van der Waals surface area contributed by atoms with E-state index < -0.39 is 6.16 Å². The summed E-state index contributed by atoms with van der Waals surface area (Å²) < 4.78 is 9.68. The van der Waals surface area contributed by atoms with E-state index in [1.165, 1.54) is 12.1 Å². The van der Waals surface area contributed by atoms with Gasteiger partial charge in [0.1, 0.15) is 5.75 Å². The standard InChI is InChI=1S/C26H26N2O5/c1-3-32-26(31)33-23-14-10-21(11-15-23)25(30)27-17-20-8-12-22(13-9-20)28-24(29)16-19-6-4-18(2)5-7-19/h4-15H,3,16-17H2,1-2H3,(H,27,30)(H,28,29). The normalized spacial score (nSPS) is 10.2. The lowest BCUT2D eigenvalue weighted by atomic mass is 10.1. The van der Waals surface area contributed by atoms with Crippen LogP contribution in [0.25, 0.3) is 0 Å². The maximum Gasteiger partial charge on any atom is 0.513 e. The maximum absolute atomic E-state index is 12.4. The van der Waals surface area contributed by atoms with Gasteiger partial charge in [0.05, 0.1) is 13.0 Å². The van der Waals surface area contributed by atoms with Gasteiger partial charge in [-0.25, -0.2) is 4.79 Å². The Hall–Kier alpha value is -4.13. The van der Waals surface area contributed by atoms with Crippen LogP contribution in [0.3, 0.4) is 0 Å². The summed E-state index contributed by atoms with van der Waals surface area (Å²) in [5.41, 5.74) is 4.13. The summed E-state index contributed by atoms with van der Waals surface area (Å²) in [5.74, 6) is -0.0477. The number of ether oxygens (including phenoxy) is 2. The molecule has 3 aromatic carbocycles. The van der Waals surface area contributed by atoms with E-state index in [9.17, 15) is 14.4 Å². The number of carbonyl (C=O) groups excluding carboxylic acids is 3. The molecule has 0 heterocycles. The molecule has 3 aromatic rings. The highest BCUT2D eigenvalue weighted by atomic mass is 16.7. The van der Waals surface area contributed by atoms with Crippen molar-refractivity contribution >= 4 is 23.7 Å². The maximum atomic E-state index is 12.4. The van der Waals surface area contributed by atoms with Crippen LogP contribution in [0.5, 0.6) is 5.75 Å². The highest BCUT2D eigenvalue weighted by Gasteiger charge is 2.09. The van der Waals surface area contributed by atoms with Crippen LogP contribution >= 0.6 is 0 Å². The highest BCUT2D eigenvalue weighted by Crippen LogP contribution is 2.14. The smallest absolute Gasteiger partial charge is 0.434 e. The molecule has 0 aliphatic heterocycles. The van der Waals surface area contributed by atoms with E-state index in [4.69, 9.17) is 9.47 Å². The molecule has 0 bridgehead atoms. The molecule has 2 amide bonds. The van der Waals surface area contributed by atoms with Crippen molar-refractivity contribution < 1.29 is 23.9 Å². The average Bonchev–Trinajstić information content (AvgIpc) is 2.80. The quantitative estimate of drug-likeness (QED) is 0.388. The number of aryl methyl sites for hydroxylation is 1. The van der Waals surface area contributed by atoms with Gasteiger partial charge in [0, 0.05) is 17.8 Å². The first-order valence-electron chi connectivity index (χ1n) is 10.6. The van der Waals surface area contributed by atoms with E-state index >= 15 is 0 Å². The summed E-state index contributed by atoms with van der Waals surface area (Å²) >= 11 is 0. The SMILES string of the molecule is CCOC(=O)Oc1ccc(C(=O)NCc2ccc(NC(=O)Cc3ccc(C)cc3)cc2)cc1. The van der Waals surface area contributed by atoms with Crippen molar-refractivity contribution in [2.24, 2.45) is 0 Å². The molecule has 7 nitrogen and oxygen atoms in total. The first-order chi connectivity index (χ1) is 15.9. The predicted octanol–water partition coefficient (Wildman–Crippen LogP) is 4.64. The van der Waals surface area contributed by atoms with E-state index in [0.717, 1.165) is 16.7 Å². The Balaban J connectivity index is 1.46. The number of nitrogens with one attached hydrogen (secondary N) is 2. The third-order valence-corrected chi connectivity index (χ3v) is 4.76. The Kier molecular flexibility index (Phi) is 8.18. The minimum atomic E-state index is -0.788. The van der Waals surface area contributed by atoms with Crippen LogP contribution in [0.4, 0.5) is 10.5 Å². The summed E-state index contributed by atoms with van der Waals surface area (Å²) in [6, 6.07) is 21.3. The van der Waals surface area contributed by atoms with Crippen molar-refractivity contribution in [3.05, 3.63) is 95.1 Å². The summed E-state index contributed by atoms with van der Waals surface area (Å²) in [6.45, 7) is 4.25. The van der Waals surface area contributed by atoms with E-state index in [-0.39, 0.29) is 18.4 Å². The highest BCUT2D eigenvalue weighted by molar-refractivity contribution is 5.94. The van der Waals surface area contributed by atoms with Crippen molar-refractivity contribution in [2.75, 3.05) is 11.9 Å². The zero-order chi connectivity index (χ0) is 23.6. The fourth-order valence-electron chi connectivity index (χ4n) is 3.00. The van der Waals surface area contributed by atoms with Gasteiger partial charge < -0.3 is 20.1 Å². The molecule has 0 radical (unpaired) electrons. The Bertz CT molecular complexity index is 1090. The van der Waals surface area contributed by atoms with Crippen molar-refractivity contribution in [2.45, 2.75) is 26.8 Å². The molecular formula is C26H26N2O5. The number of anilines is 1. The Labute approximate surface area is 192 Å². The van der Waals surface area contributed by atoms with Gasteiger partial charge in [-0.05, 0) is 61.4 Å². The van der Waals surface area contributed by atoms with Gasteiger partial charge >= 0.3 is 6.16 Å². The zero-order valence-corrected chi connectivity index (χ0v) is 18.6. The fraction of sp³-hybridized carbons (Fsp3) is 0.192. The van der Waals surface area contributed by atoms with E-state index in [2.05, 4.69) is 10.6 Å². The predicted molar refractivity (Wildman–Crippen MR) is 125 cm³/mol. The molecule has 0 aromatic heterocycles. The van der Waals surface area contributed by atoms with E-state index in [1.54, 1.807) is 31.2 Å². The number of carbonyl (C=O) groups is 3. The van der Waals surface area contributed by atoms with Crippen LogP contribution in [-0.4, -0.2) is 24.6 Å². The largest absolute Gasteiger partial charge is 0.513 e. The Morgan fingerprint density at radius 3 is 2.09 bits per heavy atom. The molecule has 0 spiro atoms. The molecule has 3 rings (SSSR count). The van der Waals surface area contributed by atoms with Gasteiger partial charge in [-0.15, -0.1) is 0 Å². The number of benzene rings is 3. The van der Waals surface area contributed by atoms with Crippen LogP contribution in [0.2, 0.25) is 0 Å². The fourth-order valence-corrected chi connectivity index (χ4v) is 3.00. The van der Waals surface area contributed by atoms with Crippen molar-refractivity contribution in [1.29, 1.82) is 0 Å². The van der Waals surface area contributed by atoms with Gasteiger partial charge in [0.2, 0.25) is 5.91 Å². The van der Waals surface area contributed by atoms with Crippen LogP contribution in [0.1, 0.15) is 34.0 Å². The number of amides is 2. The third kappa shape index (κ3) is 7.50. The zero-order valence-electron chi connectivity index (χ0n) is 18.6. The molecule has 0 aliphatic rings. The second-order valence-corrected chi connectivity index (χ2v) is 7.40. The number of rotatable bonds is 8. The summed E-state index contributed by atoms with van der Waals surface area (Å²) in [6.07, 6.45) is -0.480. The lowest BCUT2D eigenvalue weighted by Crippen LogP contribution is -2.22. The monoisotopic (exact) mass is 446 g/mol. The minimum absolute atomic E-state index is 0.0877. The first kappa shape index (κ1) is 23.5. The molecule has 0 saturated carbocycles. The molecule has 0 aliphatic carbocycles. The van der Waals surface area contributed by atoms with Crippen molar-refractivity contribution in [3.63, 3.8) is 0 Å². The van der Waals surface area contributed by atoms with Gasteiger partial charge in [-0.2, -0.15) is 0 Å². The lowest BCUT2D eigenvalue weighted by molar-refractivity contribution is -0.115. The van der Waals surface area contributed by atoms with Gasteiger partial charge in [0.25, 0.3) is 5.91 Å². The summed E-state index contributed by atoms with van der Waals surface area (Å²) in [7, 11) is 0. The second-order valence-electron chi connectivity index (χ2n) is 7.40. The molecule has 2 N–H and O–H groups in total. The number of hydrogen-bond donors (Lipinski definition) is 2. The van der Waals surface area contributed by atoms with Crippen molar-refractivity contribution in [3.8, 4) is 5.75 Å². The van der Waals surface area contributed by atoms with Gasteiger partial charge in [-0.3, -0.25) is 9.59 Å². The van der Waals surface area contributed by atoms with E-state index in [1.807, 2.05) is 43.3 Å². The molecular weight excluding hydrogens is 420 g/mol. The van der Waals surface area contributed by atoms with Crippen LogP contribution < -0.4 is 15.4 Å². The van der Waals surface area contributed by atoms with Gasteiger partial charge in [-0.1, -0.05) is 42.0 Å². The third-order valence-electron chi connectivity index (χ3n) is 4.76. The second kappa shape index (κ2) is 11.5. The molecule has 33 heavy (non-hydrogen) atoms. The van der Waals surface area contributed by atoms with Crippen LogP contribution in [0, 0.1) is 6.92 Å². The molecule has 0 fully saturated rings. The Morgan fingerprint density at radius 2 is 1.45 bits per heavy atom. The van der Waals surface area contributed by atoms with Crippen molar-refractivity contribution in [1.82, 2.24) is 5.32 Å². The topological polar surface area (TPSA) is 93.7 Å². The van der Waals surface area contributed by atoms with E-state index in [0.29, 0.717) is 30.0 Å².